The molecule has 0 saturated carbocycles. The molecule has 0 radical (unpaired) electrons. The van der Waals surface area contributed by atoms with E-state index >= 15 is 0 Å². The fraction of sp³-hybridized carbons (Fsp3) is 0.143. The number of amides is 1. The normalized spacial score (nSPS) is 10.1. The molecule has 148 valence electrons. The van der Waals surface area contributed by atoms with Crippen LogP contribution in [0, 0.1) is 0 Å². The summed E-state index contributed by atoms with van der Waals surface area (Å²) in [5.74, 6) is 0.222. The van der Waals surface area contributed by atoms with E-state index < -0.39 is 11.9 Å². The molecule has 1 heterocycles. The zero-order valence-electron chi connectivity index (χ0n) is 16.0. The maximum absolute atomic E-state index is 12.5. The van der Waals surface area contributed by atoms with Crippen molar-refractivity contribution >= 4 is 23.5 Å². The molecular formula is C21H20N4O4. The molecule has 2 aromatic carbocycles. The molecule has 0 saturated heterocycles. The van der Waals surface area contributed by atoms with Gasteiger partial charge in [-0.1, -0.05) is 24.3 Å². The summed E-state index contributed by atoms with van der Waals surface area (Å²) in [5, 5.41) is 5.77. The van der Waals surface area contributed by atoms with Crippen LogP contribution in [0.15, 0.2) is 60.9 Å². The van der Waals surface area contributed by atoms with Crippen molar-refractivity contribution in [3.05, 3.63) is 77.6 Å². The number of para-hydroxylation sites is 1. The summed E-state index contributed by atoms with van der Waals surface area (Å²) in [6.45, 7) is 0.530. The van der Waals surface area contributed by atoms with Crippen LogP contribution in [0.5, 0.6) is 5.75 Å². The van der Waals surface area contributed by atoms with Crippen LogP contribution in [-0.2, 0) is 11.3 Å². The molecule has 1 aromatic heterocycles. The minimum absolute atomic E-state index is 0.264. The molecule has 0 aliphatic carbocycles. The maximum Gasteiger partial charge on any atom is 0.339 e. The van der Waals surface area contributed by atoms with Gasteiger partial charge in [-0.2, -0.15) is 0 Å². The molecule has 3 aromatic rings. The molecule has 29 heavy (non-hydrogen) atoms. The summed E-state index contributed by atoms with van der Waals surface area (Å²) in [5.41, 5.74) is 1.92. The molecule has 8 heteroatoms. The van der Waals surface area contributed by atoms with Crippen LogP contribution >= 0.6 is 0 Å². The quantitative estimate of drug-likeness (QED) is 0.596. The lowest BCUT2D eigenvalue weighted by molar-refractivity contribution is 0.0602. The molecule has 8 nitrogen and oxygen atoms in total. The van der Waals surface area contributed by atoms with E-state index in [2.05, 4.69) is 20.6 Å². The van der Waals surface area contributed by atoms with Crippen molar-refractivity contribution in [2.24, 2.45) is 0 Å². The highest BCUT2D eigenvalue weighted by molar-refractivity contribution is 6.07. The van der Waals surface area contributed by atoms with Crippen molar-refractivity contribution in [3.8, 4) is 5.75 Å². The molecule has 0 spiro atoms. The summed E-state index contributed by atoms with van der Waals surface area (Å²) in [4.78, 5) is 32.6. The zero-order chi connectivity index (χ0) is 20.6. The van der Waals surface area contributed by atoms with Gasteiger partial charge in [0, 0.05) is 18.9 Å². The number of anilines is 2. The van der Waals surface area contributed by atoms with Crippen molar-refractivity contribution < 1.29 is 19.1 Å². The second kappa shape index (κ2) is 9.32. The maximum atomic E-state index is 12.5. The van der Waals surface area contributed by atoms with Gasteiger partial charge in [0.05, 0.1) is 31.0 Å². The number of hydrogen-bond donors (Lipinski definition) is 2. The second-order valence-electron chi connectivity index (χ2n) is 5.99. The molecule has 0 atom stereocenters. The number of hydrogen-bond acceptors (Lipinski definition) is 7. The predicted octanol–water partition coefficient (Wildman–Crippen LogP) is 3.14. The molecule has 1 amide bonds. The average molecular weight is 392 g/mol. The van der Waals surface area contributed by atoms with Gasteiger partial charge in [-0.25, -0.2) is 14.8 Å². The molecule has 0 aliphatic rings. The van der Waals surface area contributed by atoms with Gasteiger partial charge in [0.15, 0.2) is 0 Å². The second-order valence-corrected chi connectivity index (χ2v) is 5.99. The molecule has 0 fully saturated rings. The number of methoxy groups -OCH3 is 2. The lowest BCUT2D eigenvalue weighted by Crippen LogP contribution is -2.16. The first-order valence-corrected chi connectivity index (χ1v) is 8.78. The highest BCUT2D eigenvalue weighted by atomic mass is 16.5. The van der Waals surface area contributed by atoms with Crippen molar-refractivity contribution in [2.45, 2.75) is 6.54 Å². The van der Waals surface area contributed by atoms with E-state index in [1.807, 2.05) is 24.3 Å². The SMILES string of the molecule is COC(=O)c1ccccc1NC(=O)c1cnc(NCc2ccc(OC)cc2)nc1. The van der Waals surface area contributed by atoms with E-state index in [0.717, 1.165) is 11.3 Å². The van der Waals surface area contributed by atoms with Crippen molar-refractivity contribution in [1.82, 2.24) is 9.97 Å². The lowest BCUT2D eigenvalue weighted by atomic mass is 10.1. The Bertz CT molecular complexity index is 988. The number of nitrogens with zero attached hydrogens (tertiary/aromatic N) is 2. The van der Waals surface area contributed by atoms with Gasteiger partial charge in [-0.05, 0) is 29.8 Å². The number of nitrogens with one attached hydrogen (secondary N) is 2. The number of ether oxygens (including phenoxy) is 2. The summed E-state index contributed by atoms with van der Waals surface area (Å²) >= 11 is 0. The number of benzene rings is 2. The Kier molecular flexibility index (Phi) is 6.36. The first-order chi connectivity index (χ1) is 14.1. The van der Waals surface area contributed by atoms with Gasteiger partial charge in [0.1, 0.15) is 5.75 Å². The van der Waals surface area contributed by atoms with Crippen LogP contribution in [0.3, 0.4) is 0 Å². The molecule has 3 rings (SSSR count). The van der Waals surface area contributed by atoms with Gasteiger partial charge in [-0.3, -0.25) is 4.79 Å². The lowest BCUT2D eigenvalue weighted by Gasteiger charge is -2.10. The largest absolute Gasteiger partial charge is 0.497 e. The van der Waals surface area contributed by atoms with E-state index in [1.165, 1.54) is 19.5 Å². The Balaban J connectivity index is 1.62. The minimum atomic E-state index is -0.532. The van der Waals surface area contributed by atoms with Gasteiger partial charge in [0.2, 0.25) is 5.95 Å². The standard InChI is InChI=1S/C21H20N4O4/c1-28-16-9-7-14(8-10-16)11-22-21-23-12-15(13-24-21)19(26)25-18-6-4-3-5-17(18)20(27)29-2/h3-10,12-13H,11H2,1-2H3,(H,25,26)(H,22,23,24). The van der Waals surface area contributed by atoms with Crippen molar-refractivity contribution in [2.75, 3.05) is 24.9 Å². The monoisotopic (exact) mass is 392 g/mol. The van der Waals surface area contributed by atoms with Gasteiger partial charge >= 0.3 is 5.97 Å². The fourth-order valence-corrected chi connectivity index (χ4v) is 2.54. The third-order valence-electron chi connectivity index (χ3n) is 4.10. The Morgan fingerprint density at radius 3 is 2.31 bits per heavy atom. The Morgan fingerprint density at radius 1 is 0.966 bits per heavy atom. The predicted molar refractivity (Wildman–Crippen MR) is 108 cm³/mol. The highest BCUT2D eigenvalue weighted by Gasteiger charge is 2.14. The third kappa shape index (κ3) is 5.07. The van der Waals surface area contributed by atoms with E-state index in [-0.39, 0.29) is 11.1 Å². The number of carbonyl (C=O) groups excluding carboxylic acids is 2. The summed E-state index contributed by atoms with van der Waals surface area (Å²) in [7, 11) is 2.90. The molecular weight excluding hydrogens is 372 g/mol. The first kappa shape index (κ1) is 19.8. The van der Waals surface area contributed by atoms with Crippen LogP contribution in [0.1, 0.15) is 26.3 Å². The number of carbonyl (C=O) groups is 2. The Labute approximate surface area is 167 Å². The van der Waals surface area contributed by atoms with Crippen LogP contribution in [0.2, 0.25) is 0 Å². The van der Waals surface area contributed by atoms with Crippen LogP contribution in [-0.4, -0.2) is 36.1 Å². The molecule has 2 N–H and O–H groups in total. The molecule has 0 aliphatic heterocycles. The van der Waals surface area contributed by atoms with E-state index in [1.54, 1.807) is 31.4 Å². The first-order valence-electron chi connectivity index (χ1n) is 8.78. The number of esters is 1. The van der Waals surface area contributed by atoms with E-state index in [4.69, 9.17) is 9.47 Å². The van der Waals surface area contributed by atoms with Gasteiger partial charge in [-0.15, -0.1) is 0 Å². The Morgan fingerprint density at radius 2 is 1.66 bits per heavy atom. The van der Waals surface area contributed by atoms with Crippen molar-refractivity contribution in [1.29, 1.82) is 0 Å². The smallest absolute Gasteiger partial charge is 0.339 e. The van der Waals surface area contributed by atoms with Crippen molar-refractivity contribution in [3.63, 3.8) is 0 Å². The highest BCUT2D eigenvalue weighted by Crippen LogP contribution is 2.17. The average Bonchev–Trinajstić information content (AvgIpc) is 2.78. The van der Waals surface area contributed by atoms with Crippen LogP contribution in [0.4, 0.5) is 11.6 Å². The van der Waals surface area contributed by atoms with E-state index in [0.29, 0.717) is 18.2 Å². The molecule has 0 unspecified atom stereocenters. The number of rotatable bonds is 7. The summed E-state index contributed by atoms with van der Waals surface area (Å²) in [6, 6.07) is 14.2. The Hall–Kier alpha value is -3.94. The zero-order valence-corrected chi connectivity index (χ0v) is 16.0. The van der Waals surface area contributed by atoms with Gasteiger partial charge < -0.3 is 20.1 Å². The van der Waals surface area contributed by atoms with E-state index in [9.17, 15) is 9.59 Å². The van der Waals surface area contributed by atoms with Gasteiger partial charge in [0.25, 0.3) is 5.91 Å². The summed E-state index contributed by atoms with van der Waals surface area (Å²) < 4.78 is 9.85. The summed E-state index contributed by atoms with van der Waals surface area (Å²) in [6.07, 6.45) is 2.83. The number of aromatic nitrogens is 2. The topological polar surface area (TPSA) is 102 Å². The van der Waals surface area contributed by atoms with Crippen LogP contribution < -0.4 is 15.4 Å². The minimum Gasteiger partial charge on any atom is -0.497 e. The third-order valence-corrected chi connectivity index (χ3v) is 4.10. The molecule has 0 bridgehead atoms. The fourth-order valence-electron chi connectivity index (χ4n) is 2.54. The van der Waals surface area contributed by atoms with Crippen LogP contribution in [0.25, 0.3) is 0 Å².